The number of nitrogens with one attached hydrogen (secondary N) is 2. The van der Waals surface area contributed by atoms with Gasteiger partial charge in [-0.25, -0.2) is 9.97 Å². The first-order valence-electron chi connectivity index (χ1n) is 6.87. The highest BCUT2D eigenvalue weighted by Crippen LogP contribution is 2.11. The number of nitrogens with zero attached hydrogens (tertiary/aromatic N) is 5. The van der Waals surface area contributed by atoms with Crippen molar-refractivity contribution in [2.24, 2.45) is 0 Å². The zero-order chi connectivity index (χ0) is 15.9. The van der Waals surface area contributed by atoms with Gasteiger partial charge < -0.3 is 15.5 Å². The van der Waals surface area contributed by atoms with Crippen molar-refractivity contribution in [3.05, 3.63) is 36.0 Å². The van der Waals surface area contributed by atoms with Gasteiger partial charge in [-0.2, -0.15) is 4.98 Å². The Hall–Kier alpha value is -2.77. The van der Waals surface area contributed by atoms with Crippen molar-refractivity contribution in [1.29, 1.82) is 0 Å². The molecule has 0 fully saturated rings. The third-order valence-corrected chi connectivity index (χ3v) is 2.79. The van der Waals surface area contributed by atoms with Crippen LogP contribution in [0, 0.1) is 6.92 Å². The van der Waals surface area contributed by atoms with Gasteiger partial charge in [-0.15, -0.1) is 0 Å². The van der Waals surface area contributed by atoms with Gasteiger partial charge in [0.25, 0.3) is 5.91 Å². The van der Waals surface area contributed by atoms with Gasteiger partial charge in [-0.05, 0) is 6.92 Å². The maximum atomic E-state index is 11.8. The summed E-state index contributed by atoms with van der Waals surface area (Å²) in [5.74, 6) is 1.12. The van der Waals surface area contributed by atoms with Gasteiger partial charge >= 0.3 is 0 Å². The number of aryl methyl sites for hydroxylation is 1. The number of hydrogen-bond acceptors (Lipinski definition) is 7. The molecule has 1 amide bonds. The normalized spacial score (nSPS) is 10.1. The van der Waals surface area contributed by atoms with Crippen LogP contribution in [0.1, 0.15) is 16.2 Å². The van der Waals surface area contributed by atoms with Crippen molar-refractivity contribution in [2.75, 3.05) is 37.4 Å². The maximum Gasteiger partial charge on any atom is 0.271 e. The standard InChI is InChI=1S/C14H19N7O/c1-10-8-12(21(2)3)20-14(19-10)18-7-6-17-13(22)11-9-15-4-5-16-11/h4-5,8-9H,6-7H2,1-3H3,(H,17,22)(H,18,19,20). The molecule has 0 bridgehead atoms. The summed E-state index contributed by atoms with van der Waals surface area (Å²) in [4.78, 5) is 30.2. The van der Waals surface area contributed by atoms with Crippen molar-refractivity contribution < 1.29 is 4.79 Å². The van der Waals surface area contributed by atoms with Crippen LogP contribution in [-0.2, 0) is 0 Å². The molecule has 0 aromatic carbocycles. The van der Waals surface area contributed by atoms with E-state index in [1.807, 2.05) is 32.0 Å². The van der Waals surface area contributed by atoms with Crippen LogP contribution in [-0.4, -0.2) is 53.0 Å². The molecule has 8 nitrogen and oxygen atoms in total. The fraction of sp³-hybridized carbons (Fsp3) is 0.357. The lowest BCUT2D eigenvalue weighted by Gasteiger charge is -2.13. The molecule has 0 saturated heterocycles. The van der Waals surface area contributed by atoms with E-state index in [1.165, 1.54) is 18.6 Å². The highest BCUT2D eigenvalue weighted by atomic mass is 16.1. The molecule has 0 saturated carbocycles. The van der Waals surface area contributed by atoms with Crippen LogP contribution < -0.4 is 15.5 Å². The second-order valence-electron chi connectivity index (χ2n) is 4.86. The summed E-state index contributed by atoms with van der Waals surface area (Å²) in [7, 11) is 3.85. The number of hydrogen-bond donors (Lipinski definition) is 2. The Kier molecular flexibility index (Phi) is 5.18. The Morgan fingerprint density at radius 1 is 1.23 bits per heavy atom. The quantitative estimate of drug-likeness (QED) is 0.749. The smallest absolute Gasteiger partial charge is 0.271 e. The number of amides is 1. The average molecular weight is 301 g/mol. The third-order valence-electron chi connectivity index (χ3n) is 2.79. The van der Waals surface area contributed by atoms with Gasteiger partial charge in [0.15, 0.2) is 0 Å². The summed E-state index contributed by atoms with van der Waals surface area (Å²) in [5, 5.41) is 5.84. The Morgan fingerprint density at radius 2 is 2.05 bits per heavy atom. The minimum Gasteiger partial charge on any atom is -0.363 e. The molecule has 0 aliphatic heterocycles. The van der Waals surface area contributed by atoms with Crippen molar-refractivity contribution in [3.63, 3.8) is 0 Å². The van der Waals surface area contributed by atoms with Crippen molar-refractivity contribution >= 4 is 17.7 Å². The van der Waals surface area contributed by atoms with Crippen molar-refractivity contribution in [2.45, 2.75) is 6.92 Å². The first-order valence-corrected chi connectivity index (χ1v) is 6.87. The monoisotopic (exact) mass is 301 g/mol. The van der Waals surface area contributed by atoms with Crippen LogP contribution in [0.15, 0.2) is 24.7 Å². The average Bonchev–Trinajstić information content (AvgIpc) is 2.51. The number of carbonyl (C=O) groups is 1. The van der Waals surface area contributed by atoms with Gasteiger partial charge in [0.1, 0.15) is 11.5 Å². The summed E-state index contributed by atoms with van der Waals surface area (Å²) < 4.78 is 0. The highest BCUT2D eigenvalue weighted by Gasteiger charge is 2.06. The van der Waals surface area contributed by atoms with Gasteiger partial charge in [-0.3, -0.25) is 9.78 Å². The molecule has 2 rings (SSSR count). The van der Waals surface area contributed by atoms with E-state index in [2.05, 4.69) is 30.6 Å². The summed E-state index contributed by atoms with van der Waals surface area (Å²) in [5.41, 5.74) is 1.17. The minimum absolute atomic E-state index is 0.256. The molecule has 0 aliphatic rings. The van der Waals surface area contributed by atoms with Crippen LogP contribution in [0.2, 0.25) is 0 Å². The summed E-state index contributed by atoms with van der Waals surface area (Å²) >= 11 is 0. The van der Waals surface area contributed by atoms with Crippen molar-refractivity contribution in [3.8, 4) is 0 Å². The lowest BCUT2D eigenvalue weighted by molar-refractivity contribution is 0.0950. The van der Waals surface area contributed by atoms with E-state index in [0.29, 0.717) is 24.7 Å². The van der Waals surface area contributed by atoms with E-state index in [9.17, 15) is 4.79 Å². The van der Waals surface area contributed by atoms with Crippen LogP contribution in [0.4, 0.5) is 11.8 Å². The topological polar surface area (TPSA) is 95.9 Å². The van der Waals surface area contributed by atoms with Gasteiger partial charge in [0.2, 0.25) is 5.95 Å². The summed E-state index contributed by atoms with van der Waals surface area (Å²) in [6.07, 6.45) is 4.43. The predicted octanol–water partition coefficient (Wildman–Crippen LogP) is 0.483. The van der Waals surface area contributed by atoms with Gasteiger partial charge in [-0.1, -0.05) is 0 Å². The second kappa shape index (κ2) is 7.30. The molecule has 0 atom stereocenters. The molecular weight excluding hydrogens is 282 g/mol. The van der Waals surface area contributed by atoms with E-state index in [0.717, 1.165) is 11.5 Å². The fourth-order valence-electron chi connectivity index (χ4n) is 1.72. The van der Waals surface area contributed by atoms with Crippen molar-refractivity contribution in [1.82, 2.24) is 25.3 Å². The Balaban J connectivity index is 1.83. The predicted molar refractivity (Wildman–Crippen MR) is 84.0 cm³/mol. The minimum atomic E-state index is -0.256. The van der Waals surface area contributed by atoms with E-state index in [4.69, 9.17) is 0 Å². The molecule has 0 unspecified atom stereocenters. The zero-order valence-electron chi connectivity index (χ0n) is 12.9. The molecular formula is C14H19N7O. The number of aromatic nitrogens is 4. The Bertz CT molecular complexity index is 630. The molecule has 116 valence electrons. The molecule has 2 N–H and O–H groups in total. The number of rotatable bonds is 6. The largest absolute Gasteiger partial charge is 0.363 e. The molecule has 0 radical (unpaired) electrons. The molecule has 2 aromatic heterocycles. The first kappa shape index (κ1) is 15.6. The number of anilines is 2. The fourth-order valence-corrected chi connectivity index (χ4v) is 1.72. The molecule has 2 heterocycles. The maximum absolute atomic E-state index is 11.8. The summed E-state index contributed by atoms with van der Waals surface area (Å²) in [6.45, 7) is 2.86. The highest BCUT2D eigenvalue weighted by molar-refractivity contribution is 5.91. The van der Waals surface area contributed by atoms with E-state index >= 15 is 0 Å². The van der Waals surface area contributed by atoms with Gasteiger partial charge in [0.05, 0.1) is 6.20 Å². The molecule has 8 heteroatoms. The van der Waals surface area contributed by atoms with Gasteiger partial charge in [0, 0.05) is 51.3 Å². The van der Waals surface area contributed by atoms with E-state index < -0.39 is 0 Å². The van der Waals surface area contributed by atoms with Crippen LogP contribution in [0.3, 0.4) is 0 Å². The lowest BCUT2D eigenvalue weighted by atomic mass is 10.4. The third kappa shape index (κ3) is 4.37. The Labute approximate surface area is 129 Å². The number of carbonyl (C=O) groups excluding carboxylic acids is 1. The lowest BCUT2D eigenvalue weighted by Crippen LogP contribution is -2.29. The Morgan fingerprint density at radius 3 is 2.73 bits per heavy atom. The first-order chi connectivity index (χ1) is 10.6. The zero-order valence-corrected chi connectivity index (χ0v) is 12.9. The molecule has 0 spiro atoms. The molecule has 2 aromatic rings. The van der Waals surface area contributed by atoms with Crippen LogP contribution in [0.5, 0.6) is 0 Å². The van der Waals surface area contributed by atoms with E-state index in [-0.39, 0.29) is 5.91 Å². The summed E-state index contributed by atoms with van der Waals surface area (Å²) in [6, 6.07) is 1.90. The van der Waals surface area contributed by atoms with Crippen LogP contribution >= 0.6 is 0 Å². The SMILES string of the molecule is Cc1cc(N(C)C)nc(NCCNC(=O)c2cnccn2)n1. The molecule has 0 aliphatic carbocycles. The van der Waals surface area contributed by atoms with E-state index in [1.54, 1.807) is 0 Å². The molecule has 22 heavy (non-hydrogen) atoms. The second-order valence-corrected chi connectivity index (χ2v) is 4.86. The van der Waals surface area contributed by atoms with Crippen LogP contribution in [0.25, 0.3) is 0 Å².